The number of nitrogens with zero attached hydrogens (tertiary/aromatic N) is 2. The fourth-order valence-electron chi connectivity index (χ4n) is 3.65. The van der Waals surface area contributed by atoms with Gasteiger partial charge in [0.25, 0.3) is 0 Å². The van der Waals surface area contributed by atoms with Crippen molar-refractivity contribution in [3.63, 3.8) is 0 Å². The van der Waals surface area contributed by atoms with Crippen LogP contribution in [0.15, 0.2) is 53.5 Å². The summed E-state index contributed by atoms with van der Waals surface area (Å²) in [6.45, 7) is 3.28. The van der Waals surface area contributed by atoms with Gasteiger partial charge in [0, 0.05) is 11.6 Å². The summed E-state index contributed by atoms with van der Waals surface area (Å²) in [5, 5.41) is 0. The maximum atomic E-state index is 12.2. The van der Waals surface area contributed by atoms with Gasteiger partial charge in [0.15, 0.2) is 0 Å². The lowest BCUT2D eigenvalue weighted by molar-refractivity contribution is 0.154. The summed E-state index contributed by atoms with van der Waals surface area (Å²) in [6.07, 6.45) is 2.48. The standard InChI is InChI=1S/C23H28N2O2/c1-17(10-8-9-15-25(2)3)24-23(26)27-16-22-20-13-6-4-11-18(20)19-12-5-7-14-21(19)22/h4-7,11-14,22H,8-10,15-16H2,1-3H3. The van der Waals surface area contributed by atoms with Crippen LogP contribution >= 0.6 is 0 Å². The fourth-order valence-corrected chi connectivity index (χ4v) is 3.65. The summed E-state index contributed by atoms with van der Waals surface area (Å²) in [6, 6.07) is 16.7. The number of unbranched alkanes of at least 4 members (excludes halogenated alkanes) is 1. The largest absolute Gasteiger partial charge is 0.447 e. The van der Waals surface area contributed by atoms with Gasteiger partial charge in [0.2, 0.25) is 0 Å². The molecule has 0 atom stereocenters. The van der Waals surface area contributed by atoms with Crippen molar-refractivity contribution >= 4 is 11.8 Å². The summed E-state index contributed by atoms with van der Waals surface area (Å²) in [5.41, 5.74) is 5.74. The summed E-state index contributed by atoms with van der Waals surface area (Å²) < 4.78 is 5.52. The van der Waals surface area contributed by atoms with Crippen molar-refractivity contribution in [1.82, 2.24) is 4.90 Å². The maximum Gasteiger partial charge on any atom is 0.433 e. The highest BCUT2D eigenvalue weighted by atomic mass is 16.5. The van der Waals surface area contributed by atoms with Crippen LogP contribution in [0.4, 0.5) is 4.79 Å². The van der Waals surface area contributed by atoms with Gasteiger partial charge < -0.3 is 9.64 Å². The van der Waals surface area contributed by atoms with Crippen LogP contribution in [0.1, 0.15) is 43.2 Å². The number of hydrogen-bond donors (Lipinski definition) is 0. The number of ether oxygens (including phenoxy) is 1. The quantitative estimate of drug-likeness (QED) is 0.505. The SMILES string of the molecule is CC(CCCCN(C)C)=NC(=O)OCC1c2ccccc2-c2ccccc21. The molecule has 1 aliphatic carbocycles. The fraction of sp³-hybridized carbons (Fsp3) is 0.391. The van der Waals surface area contributed by atoms with Crippen LogP contribution in [0, 0.1) is 0 Å². The Morgan fingerprint density at radius 3 is 2.19 bits per heavy atom. The number of rotatable bonds is 7. The Balaban J connectivity index is 1.58. The minimum atomic E-state index is -0.484. The molecule has 0 saturated carbocycles. The van der Waals surface area contributed by atoms with E-state index in [1.165, 1.54) is 22.3 Å². The van der Waals surface area contributed by atoms with Crippen molar-refractivity contribution in [2.45, 2.75) is 32.1 Å². The zero-order valence-corrected chi connectivity index (χ0v) is 16.4. The average molecular weight is 364 g/mol. The zero-order chi connectivity index (χ0) is 19.2. The molecule has 0 bridgehead atoms. The Labute approximate surface area is 161 Å². The molecule has 0 saturated heterocycles. The molecule has 0 heterocycles. The van der Waals surface area contributed by atoms with E-state index in [1.54, 1.807) is 0 Å². The number of hydrogen-bond acceptors (Lipinski definition) is 3. The van der Waals surface area contributed by atoms with Gasteiger partial charge in [-0.3, -0.25) is 0 Å². The van der Waals surface area contributed by atoms with E-state index in [9.17, 15) is 4.79 Å². The second-order valence-electron chi connectivity index (χ2n) is 7.41. The number of carbonyl (C=O) groups is 1. The third kappa shape index (κ3) is 4.83. The van der Waals surface area contributed by atoms with Crippen LogP contribution in [0.5, 0.6) is 0 Å². The van der Waals surface area contributed by atoms with Crippen molar-refractivity contribution in [2.75, 3.05) is 27.2 Å². The van der Waals surface area contributed by atoms with Gasteiger partial charge in [0.05, 0.1) is 0 Å². The Morgan fingerprint density at radius 2 is 1.59 bits per heavy atom. The third-order valence-electron chi connectivity index (χ3n) is 5.01. The molecule has 0 radical (unpaired) electrons. The smallest absolute Gasteiger partial charge is 0.433 e. The van der Waals surface area contributed by atoms with Gasteiger partial charge in [-0.25, -0.2) is 4.79 Å². The number of amides is 1. The van der Waals surface area contributed by atoms with Gasteiger partial charge in [-0.15, -0.1) is 0 Å². The monoisotopic (exact) mass is 364 g/mol. The van der Waals surface area contributed by atoms with Gasteiger partial charge in [-0.2, -0.15) is 4.99 Å². The van der Waals surface area contributed by atoms with Crippen molar-refractivity contribution < 1.29 is 9.53 Å². The van der Waals surface area contributed by atoms with E-state index in [0.717, 1.165) is 31.5 Å². The number of fused-ring (bicyclic) bond motifs is 3. The van der Waals surface area contributed by atoms with Gasteiger partial charge >= 0.3 is 6.09 Å². The van der Waals surface area contributed by atoms with E-state index >= 15 is 0 Å². The van der Waals surface area contributed by atoms with E-state index in [-0.39, 0.29) is 5.92 Å². The van der Waals surface area contributed by atoms with Crippen LogP contribution in [-0.2, 0) is 4.74 Å². The summed E-state index contributed by atoms with van der Waals surface area (Å²) in [7, 11) is 4.13. The van der Waals surface area contributed by atoms with Crippen LogP contribution in [-0.4, -0.2) is 44.0 Å². The highest BCUT2D eigenvalue weighted by molar-refractivity contribution is 5.91. The Bertz CT molecular complexity index is 781. The van der Waals surface area contributed by atoms with Crippen LogP contribution in [0.2, 0.25) is 0 Å². The molecule has 1 amide bonds. The molecule has 0 N–H and O–H groups in total. The highest BCUT2D eigenvalue weighted by Gasteiger charge is 2.28. The number of carbonyl (C=O) groups excluding carboxylic acids is 1. The molecule has 0 aliphatic heterocycles. The molecule has 0 unspecified atom stereocenters. The van der Waals surface area contributed by atoms with Gasteiger partial charge in [-0.1, -0.05) is 48.5 Å². The zero-order valence-electron chi connectivity index (χ0n) is 16.4. The van der Waals surface area contributed by atoms with E-state index in [4.69, 9.17) is 4.74 Å². The van der Waals surface area contributed by atoms with Gasteiger partial charge in [-0.05, 0) is 69.1 Å². The molecule has 2 aromatic rings. The van der Waals surface area contributed by atoms with Crippen LogP contribution in [0.25, 0.3) is 11.1 Å². The van der Waals surface area contributed by atoms with Crippen LogP contribution < -0.4 is 0 Å². The Kier molecular flexibility index (Phi) is 6.40. The molecule has 4 heteroatoms. The normalized spacial score (nSPS) is 13.6. The third-order valence-corrected chi connectivity index (χ3v) is 5.01. The van der Waals surface area contributed by atoms with Gasteiger partial charge in [0.1, 0.15) is 6.61 Å². The minimum Gasteiger partial charge on any atom is -0.447 e. The second-order valence-corrected chi connectivity index (χ2v) is 7.41. The Morgan fingerprint density at radius 1 is 1.00 bits per heavy atom. The molecular weight excluding hydrogens is 336 g/mol. The molecule has 27 heavy (non-hydrogen) atoms. The molecule has 0 spiro atoms. The summed E-state index contributed by atoms with van der Waals surface area (Å²) >= 11 is 0. The Hall–Kier alpha value is -2.46. The van der Waals surface area contributed by atoms with Crippen LogP contribution in [0.3, 0.4) is 0 Å². The van der Waals surface area contributed by atoms with E-state index in [0.29, 0.717) is 6.61 Å². The van der Waals surface area contributed by atoms with Crippen molar-refractivity contribution in [3.05, 3.63) is 59.7 Å². The minimum absolute atomic E-state index is 0.0805. The predicted molar refractivity (Wildman–Crippen MR) is 111 cm³/mol. The molecule has 142 valence electrons. The topological polar surface area (TPSA) is 41.9 Å². The molecule has 1 aliphatic rings. The van der Waals surface area contributed by atoms with Crippen molar-refractivity contribution in [2.24, 2.45) is 4.99 Å². The van der Waals surface area contributed by atoms with E-state index in [1.807, 2.05) is 31.2 Å². The molecule has 3 rings (SSSR count). The van der Waals surface area contributed by atoms with E-state index < -0.39 is 6.09 Å². The lowest BCUT2D eigenvalue weighted by Gasteiger charge is -2.13. The maximum absolute atomic E-state index is 12.2. The molecule has 0 aromatic heterocycles. The first-order chi connectivity index (χ1) is 13.1. The number of benzene rings is 2. The van der Waals surface area contributed by atoms with E-state index in [2.05, 4.69) is 48.3 Å². The summed E-state index contributed by atoms with van der Waals surface area (Å²) in [5.74, 6) is 0.0805. The lowest BCUT2D eigenvalue weighted by Crippen LogP contribution is -2.13. The average Bonchev–Trinajstić information content (AvgIpc) is 2.97. The number of aliphatic imine (C=N–C) groups is 1. The molecule has 2 aromatic carbocycles. The first-order valence-corrected chi connectivity index (χ1v) is 9.60. The van der Waals surface area contributed by atoms with Crippen molar-refractivity contribution in [3.8, 4) is 11.1 Å². The first kappa shape index (κ1) is 19.3. The van der Waals surface area contributed by atoms with Crippen molar-refractivity contribution in [1.29, 1.82) is 0 Å². The molecular formula is C23H28N2O2. The predicted octanol–water partition coefficient (Wildman–Crippen LogP) is 5.13. The summed E-state index contributed by atoms with van der Waals surface area (Å²) in [4.78, 5) is 18.4. The lowest BCUT2D eigenvalue weighted by atomic mass is 9.98. The second kappa shape index (κ2) is 8.96. The first-order valence-electron chi connectivity index (χ1n) is 9.60. The highest BCUT2D eigenvalue weighted by Crippen LogP contribution is 2.44. The molecule has 0 fully saturated rings. The molecule has 4 nitrogen and oxygen atoms in total.